The molecule has 0 saturated heterocycles. The van der Waals surface area contributed by atoms with E-state index < -0.39 is 5.97 Å². The van der Waals surface area contributed by atoms with Gasteiger partial charge in [-0.3, -0.25) is 0 Å². The fraction of sp³-hybridized carbons (Fsp3) is 0.222. The maximum atomic E-state index is 10.6. The molecule has 0 rings (SSSR count). The molecule has 66 valence electrons. The van der Waals surface area contributed by atoms with Gasteiger partial charge in [0.25, 0.3) is 0 Å². The molecule has 0 aliphatic carbocycles. The van der Waals surface area contributed by atoms with E-state index in [9.17, 15) is 4.79 Å². The van der Waals surface area contributed by atoms with Crippen LogP contribution < -0.4 is 5.73 Å². The zero-order valence-electron chi connectivity index (χ0n) is 7.08. The van der Waals surface area contributed by atoms with E-state index in [0.717, 1.165) is 0 Å². The predicted octanol–water partition coefficient (Wildman–Crippen LogP) is 1.44. The van der Waals surface area contributed by atoms with Gasteiger partial charge in [0, 0.05) is 5.70 Å². The molecule has 0 aliphatic rings. The Labute approximate surface area is 71.9 Å². The van der Waals surface area contributed by atoms with E-state index in [1.807, 2.05) is 6.92 Å². The summed E-state index contributed by atoms with van der Waals surface area (Å²) in [5, 5.41) is 8.68. The van der Waals surface area contributed by atoms with Crippen LogP contribution in [0.25, 0.3) is 0 Å². The molecule has 0 bridgehead atoms. The van der Waals surface area contributed by atoms with Crippen LogP contribution in [0.5, 0.6) is 0 Å². The van der Waals surface area contributed by atoms with Gasteiger partial charge in [-0.1, -0.05) is 25.7 Å². The third kappa shape index (κ3) is 3.05. The number of hydrogen-bond donors (Lipinski definition) is 2. The van der Waals surface area contributed by atoms with Gasteiger partial charge in [0.2, 0.25) is 0 Å². The van der Waals surface area contributed by atoms with Crippen molar-refractivity contribution in [1.29, 1.82) is 0 Å². The average Bonchev–Trinajstić information content (AvgIpc) is 1.99. The average molecular weight is 167 g/mol. The van der Waals surface area contributed by atoms with Crippen LogP contribution >= 0.6 is 0 Å². The number of carboxylic acid groups (broad SMARTS) is 1. The Balaban J connectivity index is 4.75. The molecule has 0 aromatic carbocycles. The highest BCUT2D eigenvalue weighted by molar-refractivity contribution is 5.91. The van der Waals surface area contributed by atoms with Crippen LogP contribution in [0.2, 0.25) is 0 Å². The Morgan fingerprint density at radius 1 is 1.67 bits per heavy atom. The summed E-state index contributed by atoms with van der Waals surface area (Å²) in [5.74, 6) is -1.01. The first-order chi connectivity index (χ1) is 5.63. The SMILES string of the molecule is C=C/C=C(N)\C(=C/CC)C(=O)O. The van der Waals surface area contributed by atoms with Gasteiger partial charge in [0.15, 0.2) is 0 Å². The molecule has 3 nitrogen and oxygen atoms in total. The molecule has 3 heteroatoms. The summed E-state index contributed by atoms with van der Waals surface area (Å²) in [5.41, 5.74) is 5.83. The van der Waals surface area contributed by atoms with E-state index in [1.165, 1.54) is 12.2 Å². The summed E-state index contributed by atoms with van der Waals surface area (Å²) in [4.78, 5) is 10.6. The molecule has 12 heavy (non-hydrogen) atoms. The van der Waals surface area contributed by atoms with Crippen LogP contribution in [0.3, 0.4) is 0 Å². The highest BCUT2D eigenvalue weighted by atomic mass is 16.4. The molecule has 0 aromatic rings. The number of allylic oxidation sites excluding steroid dienone is 3. The van der Waals surface area contributed by atoms with Gasteiger partial charge >= 0.3 is 5.97 Å². The Kier molecular flexibility index (Phi) is 4.53. The van der Waals surface area contributed by atoms with Crippen molar-refractivity contribution in [2.75, 3.05) is 0 Å². The molecule has 0 spiro atoms. The highest BCUT2D eigenvalue weighted by Crippen LogP contribution is 2.05. The number of carbonyl (C=O) groups is 1. The van der Waals surface area contributed by atoms with Crippen molar-refractivity contribution in [3.8, 4) is 0 Å². The number of carboxylic acids is 1. The second-order valence-electron chi connectivity index (χ2n) is 2.19. The van der Waals surface area contributed by atoms with Crippen molar-refractivity contribution in [1.82, 2.24) is 0 Å². The summed E-state index contributed by atoms with van der Waals surface area (Å²) in [6.45, 7) is 5.28. The largest absolute Gasteiger partial charge is 0.478 e. The van der Waals surface area contributed by atoms with Gasteiger partial charge < -0.3 is 10.8 Å². The molecule has 0 atom stereocenters. The van der Waals surface area contributed by atoms with Crippen LogP contribution in [-0.2, 0) is 4.79 Å². The van der Waals surface area contributed by atoms with Gasteiger partial charge in [-0.15, -0.1) is 0 Å². The Morgan fingerprint density at radius 2 is 2.25 bits per heavy atom. The molecule has 0 unspecified atom stereocenters. The highest BCUT2D eigenvalue weighted by Gasteiger charge is 2.07. The number of hydrogen-bond acceptors (Lipinski definition) is 2. The van der Waals surface area contributed by atoms with Crippen molar-refractivity contribution < 1.29 is 9.90 Å². The third-order valence-corrected chi connectivity index (χ3v) is 1.25. The minimum absolute atomic E-state index is 0.136. The fourth-order valence-electron chi connectivity index (χ4n) is 0.750. The number of rotatable bonds is 4. The van der Waals surface area contributed by atoms with E-state index in [-0.39, 0.29) is 11.3 Å². The molecule has 0 heterocycles. The smallest absolute Gasteiger partial charge is 0.337 e. The maximum Gasteiger partial charge on any atom is 0.337 e. The quantitative estimate of drug-likeness (QED) is 0.492. The lowest BCUT2D eigenvalue weighted by atomic mass is 10.1. The van der Waals surface area contributed by atoms with Crippen LogP contribution in [0.15, 0.2) is 36.1 Å². The predicted molar refractivity (Wildman–Crippen MR) is 48.5 cm³/mol. The second-order valence-corrected chi connectivity index (χ2v) is 2.19. The molecule has 0 fully saturated rings. The van der Waals surface area contributed by atoms with Crippen molar-refractivity contribution in [2.24, 2.45) is 5.73 Å². The zero-order chi connectivity index (χ0) is 9.56. The first-order valence-corrected chi connectivity index (χ1v) is 3.65. The minimum atomic E-state index is -1.01. The van der Waals surface area contributed by atoms with E-state index in [0.29, 0.717) is 6.42 Å². The standard InChI is InChI=1S/C9H13NO2/c1-3-5-7(9(11)12)8(10)6-4-2/h4-6H,2-3,10H2,1H3,(H,11,12)/b7-5+,8-6+. The molecular weight excluding hydrogens is 154 g/mol. The maximum absolute atomic E-state index is 10.6. The van der Waals surface area contributed by atoms with E-state index in [4.69, 9.17) is 10.8 Å². The summed E-state index contributed by atoms with van der Waals surface area (Å²) in [7, 11) is 0. The molecule has 0 amide bonds. The Hall–Kier alpha value is -1.51. The molecule has 0 saturated carbocycles. The number of nitrogens with two attached hydrogens (primary N) is 1. The van der Waals surface area contributed by atoms with Crippen LogP contribution in [0.1, 0.15) is 13.3 Å². The third-order valence-electron chi connectivity index (χ3n) is 1.25. The minimum Gasteiger partial charge on any atom is -0.478 e. The zero-order valence-corrected chi connectivity index (χ0v) is 7.08. The van der Waals surface area contributed by atoms with E-state index in [2.05, 4.69) is 6.58 Å². The Morgan fingerprint density at radius 3 is 2.58 bits per heavy atom. The monoisotopic (exact) mass is 167 g/mol. The molecular formula is C9H13NO2. The topological polar surface area (TPSA) is 63.3 Å². The molecule has 0 radical (unpaired) electrons. The van der Waals surface area contributed by atoms with Gasteiger partial charge in [-0.25, -0.2) is 4.79 Å². The molecule has 3 N–H and O–H groups in total. The Bertz CT molecular complexity index is 239. The summed E-state index contributed by atoms with van der Waals surface area (Å²) in [6, 6.07) is 0. The lowest BCUT2D eigenvalue weighted by Gasteiger charge is -2.00. The summed E-state index contributed by atoms with van der Waals surface area (Å²) in [6.07, 6.45) is 5.14. The van der Waals surface area contributed by atoms with Gasteiger partial charge in [0.1, 0.15) is 0 Å². The van der Waals surface area contributed by atoms with Crippen LogP contribution in [0, 0.1) is 0 Å². The fourth-order valence-corrected chi connectivity index (χ4v) is 0.750. The van der Waals surface area contributed by atoms with Crippen molar-refractivity contribution in [3.05, 3.63) is 36.1 Å². The van der Waals surface area contributed by atoms with Crippen molar-refractivity contribution >= 4 is 5.97 Å². The molecule has 0 aliphatic heterocycles. The van der Waals surface area contributed by atoms with Gasteiger partial charge in [-0.2, -0.15) is 0 Å². The van der Waals surface area contributed by atoms with Crippen molar-refractivity contribution in [2.45, 2.75) is 13.3 Å². The second kappa shape index (κ2) is 5.18. The number of aliphatic carboxylic acids is 1. The van der Waals surface area contributed by atoms with E-state index >= 15 is 0 Å². The summed E-state index contributed by atoms with van der Waals surface area (Å²) >= 11 is 0. The van der Waals surface area contributed by atoms with Gasteiger partial charge in [-0.05, 0) is 12.5 Å². The normalized spacial score (nSPS) is 12.8. The van der Waals surface area contributed by atoms with Crippen LogP contribution in [0.4, 0.5) is 0 Å². The van der Waals surface area contributed by atoms with Crippen LogP contribution in [-0.4, -0.2) is 11.1 Å². The lowest BCUT2D eigenvalue weighted by Crippen LogP contribution is -2.09. The lowest BCUT2D eigenvalue weighted by molar-refractivity contribution is -0.132. The van der Waals surface area contributed by atoms with E-state index in [1.54, 1.807) is 6.08 Å². The first kappa shape index (κ1) is 10.5. The molecule has 0 aromatic heterocycles. The first-order valence-electron chi connectivity index (χ1n) is 3.65. The summed E-state index contributed by atoms with van der Waals surface area (Å²) < 4.78 is 0. The van der Waals surface area contributed by atoms with Crippen molar-refractivity contribution in [3.63, 3.8) is 0 Å². The van der Waals surface area contributed by atoms with Gasteiger partial charge in [0.05, 0.1) is 5.57 Å².